The van der Waals surface area contributed by atoms with Crippen LogP contribution in [-0.4, -0.2) is 49.6 Å². The Bertz CT molecular complexity index is 863. The summed E-state index contributed by atoms with van der Waals surface area (Å²) in [4.78, 5) is 15.2. The standard InChI is InChI=1S/C23H27NO4.ClH/c1-27-20-13-16-12-17(22(25)19(16)14-21(20)28-2)15-24-10-8-23(26,9-11-24)18-6-4-3-5-7-18;/h3-7,13-14,17,26H,8-12,15H2,1-2H3;1H. The van der Waals surface area contributed by atoms with Crippen molar-refractivity contribution in [1.82, 2.24) is 4.90 Å². The van der Waals surface area contributed by atoms with E-state index in [0.29, 0.717) is 24.3 Å². The first-order valence-electron chi connectivity index (χ1n) is 9.83. The number of nitrogens with zero attached hydrogens (tertiary/aromatic N) is 1. The van der Waals surface area contributed by atoms with Crippen LogP contribution in [0.1, 0.15) is 34.3 Å². The summed E-state index contributed by atoms with van der Waals surface area (Å²) in [5, 5.41) is 11.0. The number of carbonyl (C=O) groups is 1. The van der Waals surface area contributed by atoms with Gasteiger partial charge in [-0.25, -0.2) is 0 Å². The second kappa shape index (κ2) is 8.74. The molecule has 2 aromatic rings. The highest BCUT2D eigenvalue weighted by molar-refractivity contribution is 6.03. The van der Waals surface area contributed by atoms with Crippen molar-refractivity contribution in [2.75, 3.05) is 33.9 Å². The molecule has 6 heteroatoms. The van der Waals surface area contributed by atoms with Crippen molar-refractivity contribution in [2.24, 2.45) is 5.92 Å². The molecule has 1 fully saturated rings. The molecule has 156 valence electrons. The first-order valence-corrected chi connectivity index (χ1v) is 9.83. The van der Waals surface area contributed by atoms with Gasteiger partial charge in [0.25, 0.3) is 0 Å². The SMILES string of the molecule is COc1cc2c(cc1OC)C(=O)C(CN1CCC(O)(c3ccccc3)CC1)C2.Cl. The number of carbonyl (C=O) groups excluding carboxylic acids is 1. The number of hydrogen-bond acceptors (Lipinski definition) is 5. The summed E-state index contributed by atoms with van der Waals surface area (Å²) >= 11 is 0. The molecule has 1 saturated heterocycles. The van der Waals surface area contributed by atoms with Crippen LogP contribution in [0.3, 0.4) is 0 Å². The molecule has 1 unspecified atom stereocenters. The summed E-state index contributed by atoms with van der Waals surface area (Å²) in [6, 6.07) is 13.6. The van der Waals surface area contributed by atoms with Gasteiger partial charge in [0, 0.05) is 31.1 Å². The second-order valence-electron chi connectivity index (χ2n) is 7.83. The van der Waals surface area contributed by atoms with Crippen LogP contribution in [0.25, 0.3) is 0 Å². The molecule has 29 heavy (non-hydrogen) atoms. The molecular weight excluding hydrogens is 390 g/mol. The van der Waals surface area contributed by atoms with E-state index in [1.54, 1.807) is 20.3 Å². The van der Waals surface area contributed by atoms with Crippen LogP contribution in [0.5, 0.6) is 11.5 Å². The summed E-state index contributed by atoms with van der Waals surface area (Å²) in [5.74, 6) is 1.40. The zero-order valence-corrected chi connectivity index (χ0v) is 17.7. The Kier molecular flexibility index (Phi) is 6.52. The number of methoxy groups -OCH3 is 2. The van der Waals surface area contributed by atoms with Crippen molar-refractivity contribution in [1.29, 1.82) is 0 Å². The van der Waals surface area contributed by atoms with Crippen LogP contribution >= 0.6 is 12.4 Å². The molecule has 0 bridgehead atoms. The first-order chi connectivity index (χ1) is 13.5. The van der Waals surface area contributed by atoms with E-state index < -0.39 is 5.60 Å². The fraction of sp³-hybridized carbons (Fsp3) is 0.435. The minimum atomic E-state index is -0.763. The van der Waals surface area contributed by atoms with Crippen molar-refractivity contribution < 1.29 is 19.4 Å². The van der Waals surface area contributed by atoms with E-state index >= 15 is 0 Å². The molecule has 2 aliphatic rings. The summed E-state index contributed by atoms with van der Waals surface area (Å²) in [5.41, 5.74) is 2.00. The lowest BCUT2D eigenvalue weighted by Gasteiger charge is -2.39. The first kappa shape index (κ1) is 21.6. The Morgan fingerprint density at radius 1 is 1.07 bits per heavy atom. The average Bonchev–Trinajstić information content (AvgIpc) is 3.04. The lowest BCUT2D eigenvalue weighted by atomic mass is 9.84. The highest BCUT2D eigenvalue weighted by atomic mass is 35.5. The van der Waals surface area contributed by atoms with Gasteiger partial charge in [0.05, 0.1) is 19.8 Å². The van der Waals surface area contributed by atoms with Crippen molar-refractivity contribution in [3.8, 4) is 11.5 Å². The molecule has 2 aromatic carbocycles. The average molecular weight is 418 g/mol. The van der Waals surface area contributed by atoms with Gasteiger partial charge in [-0.15, -0.1) is 12.4 Å². The Balaban J connectivity index is 0.00000240. The van der Waals surface area contributed by atoms with Crippen molar-refractivity contribution in [2.45, 2.75) is 24.9 Å². The molecule has 1 aliphatic carbocycles. The topological polar surface area (TPSA) is 59.0 Å². The van der Waals surface area contributed by atoms with Gasteiger partial charge in [-0.2, -0.15) is 0 Å². The summed E-state index contributed by atoms with van der Waals surface area (Å²) in [6.07, 6.45) is 2.10. The number of likely N-dealkylation sites (tertiary alicyclic amines) is 1. The molecule has 1 heterocycles. The number of fused-ring (bicyclic) bond motifs is 1. The third-order valence-corrected chi connectivity index (χ3v) is 6.18. The number of hydrogen-bond donors (Lipinski definition) is 1. The number of aliphatic hydroxyl groups is 1. The maximum atomic E-state index is 12.9. The van der Waals surface area contributed by atoms with Gasteiger partial charge in [0.1, 0.15) is 0 Å². The van der Waals surface area contributed by atoms with Crippen molar-refractivity contribution >= 4 is 18.2 Å². The van der Waals surface area contributed by atoms with Crippen LogP contribution in [0.4, 0.5) is 0 Å². The second-order valence-corrected chi connectivity index (χ2v) is 7.83. The fourth-order valence-electron chi connectivity index (χ4n) is 4.50. The Hall–Kier alpha value is -2.08. The van der Waals surface area contributed by atoms with Gasteiger partial charge >= 0.3 is 0 Å². The van der Waals surface area contributed by atoms with Gasteiger partial charge in [-0.3, -0.25) is 4.79 Å². The Morgan fingerprint density at radius 3 is 2.31 bits per heavy atom. The highest BCUT2D eigenvalue weighted by Crippen LogP contribution is 2.38. The lowest BCUT2D eigenvalue weighted by molar-refractivity contribution is -0.0279. The predicted molar refractivity (Wildman–Crippen MR) is 114 cm³/mol. The molecule has 0 aromatic heterocycles. The molecule has 0 radical (unpaired) electrons. The number of ether oxygens (including phenoxy) is 2. The monoisotopic (exact) mass is 417 g/mol. The maximum absolute atomic E-state index is 12.9. The van der Waals surface area contributed by atoms with E-state index in [4.69, 9.17) is 9.47 Å². The van der Waals surface area contributed by atoms with Crippen molar-refractivity contribution in [3.63, 3.8) is 0 Å². The molecule has 0 amide bonds. The normalized spacial score (nSPS) is 20.7. The fourth-order valence-corrected chi connectivity index (χ4v) is 4.50. The van der Waals surface area contributed by atoms with Crippen LogP contribution < -0.4 is 9.47 Å². The Labute approximate surface area is 178 Å². The molecule has 5 nitrogen and oxygen atoms in total. The van der Waals surface area contributed by atoms with E-state index in [9.17, 15) is 9.90 Å². The van der Waals surface area contributed by atoms with Gasteiger partial charge in [0.2, 0.25) is 0 Å². The predicted octanol–water partition coefficient (Wildman–Crippen LogP) is 3.46. The van der Waals surface area contributed by atoms with Crippen LogP contribution in [0.2, 0.25) is 0 Å². The van der Waals surface area contributed by atoms with Crippen LogP contribution in [-0.2, 0) is 12.0 Å². The van der Waals surface area contributed by atoms with Crippen LogP contribution in [0.15, 0.2) is 42.5 Å². The minimum Gasteiger partial charge on any atom is -0.493 e. The maximum Gasteiger partial charge on any atom is 0.167 e. The smallest absolute Gasteiger partial charge is 0.167 e. The molecule has 0 spiro atoms. The molecule has 0 saturated carbocycles. The van der Waals surface area contributed by atoms with Crippen molar-refractivity contribution in [3.05, 3.63) is 59.2 Å². The molecular formula is C23H28ClNO4. The number of halogens is 1. The molecule has 1 N–H and O–H groups in total. The third-order valence-electron chi connectivity index (χ3n) is 6.18. The molecule has 4 rings (SSSR count). The van der Waals surface area contributed by atoms with E-state index in [-0.39, 0.29) is 24.1 Å². The zero-order chi connectivity index (χ0) is 19.7. The number of benzene rings is 2. The number of Topliss-reactive ketones (excluding diaryl/α,β-unsaturated/α-hetero) is 1. The van der Waals surface area contributed by atoms with E-state index in [2.05, 4.69) is 4.90 Å². The minimum absolute atomic E-state index is 0. The van der Waals surface area contributed by atoms with Crippen LogP contribution in [0, 0.1) is 5.92 Å². The number of rotatable bonds is 5. The summed E-state index contributed by atoms with van der Waals surface area (Å²) < 4.78 is 10.7. The van der Waals surface area contributed by atoms with E-state index in [1.807, 2.05) is 36.4 Å². The Morgan fingerprint density at radius 2 is 1.69 bits per heavy atom. The number of ketones is 1. The quantitative estimate of drug-likeness (QED) is 0.807. The molecule has 1 aliphatic heterocycles. The zero-order valence-electron chi connectivity index (χ0n) is 16.9. The lowest BCUT2D eigenvalue weighted by Crippen LogP contribution is -2.44. The summed E-state index contributed by atoms with van der Waals surface area (Å²) in [6.45, 7) is 2.30. The van der Waals surface area contributed by atoms with Gasteiger partial charge < -0.3 is 19.5 Å². The van der Waals surface area contributed by atoms with Gasteiger partial charge in [0.15, 0.2) is 17.3 Å². The third kappa shape index (κ3) is 4.13. The highest BCUT2D eigenvalue weighted by Gasteiger charge is 2.37. The number of piperidine rings is 1. The largest absolute Gasteiger partial charge is 0.493 e. The van der Waals surface area contributed by atoms with Gasteiger partial charge in [-0.1, -0.05) is 30.3 Å². The van der Waals surface area contributed by atoms with E-state index in [1.165, 1.54) is 0 Å². The summed E-state index contributed by atoms with van der Waals surface area (Å²) in [7, 11) is 3.20. The van der Waals surface area contributed by atoms with Gasteiger partial charge in [-0.05, 0) is 42.5 Å². The molecule has 1 atom stereocenters. The van der Waals surface area contributed by atoms with E-state index in [0.717, 1.165) is 42.7 Å².